The highest BCUT2D eigenvalue weighted by Gasteiger charge is 2.28. The van der Waals surface area contributed by atoms with E-state index in [2.05, 4.69) is 9.98 Å². The van der Waals surface area contributed by atoms with Crippen molar-refractivity contribution < 1.29 is 9.53 Å². The zero-order valence-electron chi connectivity index (χ0n) is 8.91. The molecule has 5 nitrogen and oxygen atoms in total. The number of pyridine rings is 1. The minimum absolute atomic E-state index is 0. The van der Waals surface area contributed by atoms with Gasteiger partial charge >= 0.3 is 5.97 Å². The maximum atomic E-state index is 11.2. The number of esters is 1. The highest BCUT2D eigenvalue weighted by atomic mass is 79.9. The average Bonchev–Trinajstić information content (AvgIpc) is 2.66. The molecule has 0 spiro atoms. The average molecular weight is 318 g/mol. The largest absolute Gasteiger partial charge is 0.465 e. The van der Waals surface area contributed by atoms with Crippen LogP contribution in [0, 0.1) is 0 Å². The normalized spacial score (nSPS) is 19.6. The minimum atomic E-state index is -0.229. The van der Waals surface area contributed by atoms with E-state index in [4.69, 9.17) is 10.5 Å². The van der Waals surface area contributed by atoms with E-state index in [-0.39, 0.29) is 28.2 Å². The van der Waals surface area contributed by atoms with Crippen LogP contribution < -0.4 is 5.73 Å². The van der Waals surface area contributed by atoms with Crippen molar-refractivity contribution in [2.45, 2.75) is 11.7 Å². The third kappa shape index (κ3) is 4.01. The molecule has 2 N–H and O–H groups in total. The fraction of sp³-hybridized carbons (Fsp3) is 0.300. The third-order valence-corrected chi connectivity index (χ3v) is 3.07. The van der Waals surface area contributed by atoms with E-state index in [0.29, 0.717) is 24.0 Å². The van der Waals surface area contributed by atoms with E-state index in [0.717, 1.165) is 0 Å². The van der Waals surface area contributed by atoms with E-state index in [1.165, 1.54) is 11.8 Å². The molecular weight excluding hydrogens is 306 g/mol. The van der Waals surface area contributed by atoms with Gasteiger partial charge in [-0.25, -0.2) is 9.98 Å². The molecule has 2 rings (SSSR count). The van der Waals surface area contributed by atoms with Crippen LogP contribution in [0.4, 0.5) is 5.82 Å². The number of nitrogens with two attached hydrogens (primary N) is 1. The first-order chi connectivity index (χ1) is 7.75. The van der Waals surface area contributed by atoms with Crippen LogP contribution in [-0.4, -0.2) is 28.0 Å². The molecule has 0 aliphatic carbocycles. The van der Waals surface area contributed by atoms with Crippen LogP contribution in [0.1, 0.15) is 6.42 Å². The first-order valence-corrected chi connectivity index (χ1v) is 5.72. The fourth-order valence-electron chi connectivity index (χ4n) is 1.29. The van der Waals surface area contributed by atoms with Gasteiger partial charge in [-0.15, -0.1) is 17.0 Å². The number of ether oxygens (including phenoxy) is 1. The van der Waals surface area contributed by atoms with Crippen molar-refractivity contribution in [2.75, 3.05) is 6.61 Å². The van der Waals surface area contributed by atoms with Crippen molar-refractivity contribution in [2.24, 2.45) is 10.7 Å². The van der Waals surface area contributed by atoms with Crippen LogP contribution in [0.15, 0.2) is 29.4 Å². The number of thioether (sulfide) groups is 1. The van der Waals surface area contributed by atoms with Crippen LogP contribution in [0.2, 0.25) is 0 Å². The van der Waals surface area contributed by atoms with Gasteiger partial charge in [0.2, 0.25) is 0 Å². The molecule has 2 heterocycles. The van der Waals surface area contributed by atoms with Crippen molar-refractivity contribution in [1.29, 1.82) is 0 Å². The van der Waals surface area contributed by atoms with Crippen LogP contribution >= 0.6 is 28.7 Å². The predicted molar refractivity (Wildman–Crippen MR) is 72.8 cm³/mol. The molecule has 1 fully saturated rings. The number of hydrogen-bond donors (Lipinski definition) is 1. The summed E-state index contributed by atoms with van der Waals surface area (Å²) in [5.41, 5.74) is 5.71. The molecule has 17 heavy (non-hydrogen) atoms. The number of aromatic nitrogens is 1. The fourth-order valence-corrected chi connectivity index (χ4v) is 2.11. The minimum Gasteiger partial charge on any atom is -0.465 e. The van der Waals surface area contributed by atoms with E-state index >= 15 is 0 Å². The number of carbonyl (C=O) groups excluding carboxylic acids is 1. The lowest BCUT2D eigenvalue weighted by Gasteiger charge is -2.03. The Bertz CT molecular complexity index is 413. The van der Waals surface area contributed by atoms with Gasteiger partial charge in [0.1, 0.15) is 5.25 Å². The summed E-state index contributed by atoms with van der Waals surface area (Å²) in [5.74, 6) is 0.322. The van der Waals surface area contributed by atoms with Gasteiger partial charge in [-0.1, -0.05) is 17.8 Å². The van der Waals surface area contributed by atoms with Crippen LogP contribution in [0.3, 0.4) is 0 Å². The molecule has 1 aliphatic rings. The molecule has 1 unspecified atom stereocenters. The Kier molecular flexibility index (Phi) is 5.43. The summed E-state index contributed by atoms with van der Waals surface area (Å²) >= 11 is 1.22. The number of aliphatic imine (C=N–C) groups is 1. The molecule has 1 aliphatic heterocycles. The van der Waals surface area contributed by atoms with Crippen LogP contribution in [0.5, 0.6) is 0 Å². The van der Waals surface area contributed by atoms with E-state index in [1.807, 2.05) is 6.07 Å². The lowest BCUT2D eigenvalue weighted by molar-refractivity contribution is -0.137. The zero-order chi connectivity index (χ0) is 11.4. The number of nitrogens with zero attached hydrogens (tertiary/aromatic N) is 2. The first kappa shape index (κ1) is 14.0. The third-order valence-electron chi connectivity index (χ3n) is 2.02. The Balaban J connectivity index is 0.00000144. The molecule has 92 valence electrons. The number of cyclic esters (lactones) is 1. The quantitative estimate of drug-likeness (QED) is 0.510. The Hall–Kier alpha value is -1.08. The van der Waals surface area contributed by atoms with Gasteiger partial charge in [-0.2, -0.15) is 0 Å². The van der Waals surface area contributed by atoms with Gasteiger partial charge in [0.05, 0.1) is 6.61 Å². The lowest BCUT2D eigenvalue weighted by Crippen LogP contribution is -2.17. The highest BCUT2D eigenvalue weighted by molar-refractivity contribution is 8.93. The molecule has 0 bridgehead atoms. The summed E-state index contributed by atoms with van der Waals surface area (Å²) in [6.07, 6.45) is 2.32. The predicted octanol–water partition coefficient (Wildman–Crippen LogP) is 1.65. The number of amidine groups is 1. The second-order valence-electron chi connectivity index (χ2n) is 3.20. The Morgan fingerprint density at radius 2 is 2.41 bits per heavy atom. The summed E-state index contributed by atoms with van der Waals surface area (Å²) in [6, 6.07) is 5.38. The number of hydrogen-bond acceptors (Lipinski definition) is 5. The van der Waals surface area contributed by atoms with Crippen molar-refractivity contribution in [3.8, 4) is 0 Å². The van der Waals surface area contributed by atoms with Crippen molar-refractivity contribution in [3.63, 3.8) is 0 Å². The molecule has 0 radical (unpaired) electrons. The van der Waals surface area contributed by atoms with E-state index in [9.17, 15) is 4.79 Å². The van der Waals surface area contributed by atoms with Crippen molar-refractivity contribution in [3.05, 3.63) is 24.4 Å². The molecule has 7 heteroatoms. The smallest absolute Gasteiger partial charge is 0.319 e. The molecule has 1 aromatic rings. The maximum absolute atomic E-state index is 11.2. The summed E-state index contributed by atoms with van der Waals surface area (Å²) in [4.78, 5) is 19.3. The first-order valence-electron chi connectivity index (χ1n) is 4.84. The second-order valence-corrected chi connectivity index (χ2v) is 4.42. The lowest BCUT2D eigenvalue weighted by atomic mass is 10.4. The second kappa shape index (κ2) is 6.61. The maximum Gasteiger partial charge on any atom is 0.319 e. The summed E-state index contributed by atoms with van der Waals surface area (Å²) in [7, 11) is 0. The zero-order valence-corrected chi connectivity index (χ0v) is 11.4. The monoisotopic (exact) mass is 317 g/mol. The summed E-state index contributed by atoms with van der Waals surface area (Å²) < 4.78 is 4.83. The topological polar surface area (TPSA) is 77.6 Å². The van der Waals surface area contributed by atoms with E-state index in [1.54, 1.807) is 18.3 Å². The molecule has 1 aromatic heterocycles. The number of rotatable bonds is 2. The van der Waals surface area contributed by atoms with Crippen LogP contribution in [0.25, 0.3) is 0 Å². The van der Waals surface area contributed by atoms with Gasteiger partial charge < -0.3 is 10.5 Å². The van der Waals surface area contributed by atoms with Gasteiger partial charge in [-0.05, 0) is 12.1 Å². The van der Waals surface area contributed by atoms with Gasteiger partial charge in [-0.3, -0.25) is 4.79 Å². The molecule has 0 aromatic carbocycles. The molecule has 0 amide bonds. The van der Waals surface area contributed by atoms with Crippen molar-refractivity contribution in [1.82, 2.24) is 4.98 Å². The summed E-state index contributed by atoms with van der Waals surface area (Å²) in [5, 5.41) is 0.106. The van der Waals surface area contributed by atoms with Gasteiger partial charge in [0, 0.05) is 12.6 Å². The summed E-state index contributed by atoms with van der Waals surface area (Å²) in [6.45, 7) is 0.466. The Morgan fingerprint density at radius 3 is 3.00 bits per heavy atom. The van der Waals surface area contributed by atoms with Crippen molar-refractivity contribution >= 4 is 45.7 Å². The Labute approximate surface area is 114 Å². The SMILES string of the molecule is Br.N/C(=N/c1ccccn1)SC1CCOC1=O. The Morgan fingerprint density at radius 1 is 1.59 bits per heavy atom. The van der Waals surface area contributed by atoms with Gasteiger partial charge in [0.15, 0.2) is 11.0 Å². The molecule has 1 atom stereocenters. The standard InChI is InChI=1S/C10H11N3O2S.BrH/c11-10(13-8-3-1-2-5-12-8)16-7-4-6-15-9(7)14;/h1-3,5,7H,4,6H2,(H2,11,12,13);1H. The highest BCUT2D eigenvalue weighted by Crippen LogP contribution is 2.22. The molecule has 0 saturated carbocycles. The van der Waals surface area contributed by atoms with E-state index < -0.39 is 0 Å². The number of halogens is 1. The van der Waals surface area contributed by atoms with Gasteiger partial charge in [0.25, 0.3) is 0 Å². The van der Waals surface area contributed by atoms with Crippen LogP contribution in [-0.2, 0) is 9.53 Å². The molecular formula is C10H12BrN3O2S. The molecule has 1 saturated heterocycles. The number of carbonyl (C=O) groups is 1.